The van der Waals surface area contributed by atoms with Crippen molar-refractivity contribution in [2.75, 3.05) is 10.6 Å². The number of halogens is 1. The zero-order valence-electron chi connectivity index (χ0n) is 9.73. The summed E-state index contributed by atoms with van der Waals surface area (Å²) in [5.74, 6) is -0.216. The molecule has 0 aliphatic heterocycles. The first-order valence-corrected chi connectivity index (χ1v) is 8.09. The number of hydrogen-bond donors (Lipinski definition) is 2. The van der Waals surface area contributed by atoms with Gasteiger partial charge in [0.15, 0.2) is 0 Å². The Morgan fingerprint density at radius 1 is 1.28 bits per heavy atom. The molecule has 3 N–H and O–H groups in total. The van der Waals surface area contributed by atoms with Gasteiger partial charge in [-0.25, -0.2) is 13.6 Å². The lowest BCUT2D eigenvalue weighted by Crippen LogP contribution is -2.18. The van der Waals surface area contributed by atoms with Gasteiger partial charge < -0.3 is 5.32 Å². The molecule has 0 fully saturated rings. The van der Waals surface area contributed by atoms with Crippen molar-refractivity contribution in [2.24, 2.45) is 5.14 Å². The monoisotopic (exact) mass is 334 g/mol. The number of nitrogens with two attached hydrogens (primary N) is 1. The summed E-state index contributed by atoms with van der Waals surface area (Å²) in [5.41, 5.74) is 0.226. The number of benzene rings is 1. The van der Waals surface area contributed by atoms with Crippen LogP contribution < -0.4 is 10.5 Å². The van der Waals surface area contributed by atoms with Crippen LogP contribution >= 0.6 is 15.9 Å². The SMILES string of the molecule is NS(=O)(=O)c1ccccc1NC(=O)CCCCBr. The van der Waals surface area contributed by atoms with Crippen molar-refractivity contribution in [1.29, 1.82) is 0 Å². The van der Waals surface area contributed by atoms with Crippen molar-refractivity contribution >= 4 is 37.5 Å². The van der Waals surface area contributed by atoms with E-state index in [0.717, 1.165) is 18.2 Å². The second kappa shape index (κ2) is 6.86. The van der Waals surface area contributed by atoms with Crippen LogP contribution in [0.3, 0.4) is 0 Å². The quantitative estimate of drug-likeness (QED) is 0.614. The molecule has 0 aliphatic rings. The zero-order chi connectivity index (χ0) is 13.6. The molecule has 100 valence electrons. The molecule has 0 saturated carbocycles. The van der Waals surface area contributed by atoms with Crippen LogP contribution in [0.4, 0.5) is 5.69 Å². The normalized spacial score (nSPS) is 11.2. The number of sulfonamides is 1. The van der Waals surface area contributed by atoms with Crippen LogP contribution in [-0.2, 0) is 14.8 Å². The fourth-order valence-electron chi connectivity index (χ4n) is 1.41. The van der Waals surface area contributed by atoms with Gasteiger partial charge in [-0.1, -0.05) is 28.1 Å². The summed E-state index contributed by atoms with van der Waals surface area (Å²) in [7, 11) is -3.83. The molecule has 5 nitrogen and oxygen atoms in total. The minimum atomic E-state index is -3.83. The highest BCUT2D eigenvalue weighted by atomic mass is 79.9. The standard InChI is InChI=1S/C11H15BrN2O3S/c12-8-4-3-7-11(15)14-9-5-1-2-6-10(9)18(13,16)17/h1-2,5-6H,3-4,7-8H2,(H,14,15)(H2,13,16,17). The summed E-state index contributed by atoms with van der Waals surface area (Å²) < 4.78 is 22.6. The summed E-state index contributed by atoms with van der Waals surface area (Å²) >= 11 is 3.28. The second-order valence-electron chi connectivity index (χ2n) is 3.74. The molecule has 1 aromatic carbocycles. The van der Waals surface area contributed by atoms with Gasteiger partial charge in [0, 0.05) is 11.8 Å². The Hall–Kier alpha value is -0.920. The van der Waals surface area contributed by atoms with Crippen LogP contribution in [0.1, 0.15) is 19.3 Å². The molecule has 0 heterocycles. The molecular formula is C11H15BrN2O3S. The van der Waals surface area contributed by atoms with E-state index in [4.69, 9.17) is 5.14 Å². The highest BCUT2D eigenvalue weighted by Crippen LogP contribution is 2.19. The summed E-state index contributed by atoms with van der Waals surface area (Å²) in [6.07, 6.45) is 1.99. The predicted octanol–water partition coefficient (Wildman–Crippen LogP) is 1.84. The van der Waals surface area contributed by atoms with Crippen LogP contribution in [0, 0.1) is 0 Å². The summed E-state index contributed by atoms with van der Waals surface area (Å²) in [6.45, 7) is 0. The third-order valence-corrected chi connectivity index (χ3v) is 3.78. The first-order chi connectivity index (χ1) is 8.45. The second-order valence-corrected chi connectivity index (χ2v) is 6.06. The average molecular weight is 335 g/mol. The first-order valence-electron chi connectivity index (χ1n) is 5.43. The van der Waals surface area contributed by atoms with Gasteiger partial charge in [0.2, 0.25) is 15.9 Å². The molecule has 0 unspecified atom stereocenters. The number of anilines is 1. The summed E-state index contributed by atoms with van der Waals surface area (Å²) in [5, 5.41) is 8.47. The van der Waals surface area contributed by atoms with Gasteiger partial charge in [-0.15, -0.1) is 0 Å². The number of hydrogen-bond acceptors (Lipinski definition) is 3. The van der Waals surface area contributed by atoms with Gasteiger partial charge in [-0.2, -0.15) is 0 Å². The molecule has 0 atom stereocenters. The van der Waals surface area contributed by atoms with E-state index in [1.54, 1.807) is 12.1 Å². The smallest absolute Gasteiger partial charge is 0.240 e. The number of para-hydroxylation sites is 1. The van der Waals surface area contributed by atoms with Gasteiger partial charge in [0.25, 0.3) is 0 Å². The van der Waals surface area contributed by atoms with Gasteiger partial charge in [0.1, 0.15) is 4.90 Å². The molecule has 0 saturated heterocycles. The van der Waals surface area contributed by atoms with E-state index in [0.29, 0.717) is 6.42 Å². The topological polar surface area (TPSA) is 89.3 Å². The zero-order valence-corrected chi connectivity index (χ0v) is 12.1. The molecule has 1 amide bonds. The van der Waals surface area contributed by atoms with Crippen molar-refractivity contribution in [3.63, 3.8) is 0 Å². The molecule has 1 aromatic rings. The predicted molar refractivity (Wildman–Crippen MR) is 74.1 cm³/mol. The molecule has 0 aliphatic carbocycles. The Morgan fingerprint density at radius 2 is 1.94 bits per heavy atom. The first kappa shape index (κ1) is 15.1. The van der Waals surface area contributed by atoms with Gasteiger partial charge in [-0.05, 0) is 25.0 Å². The Labute approximate surface area is 115 Å². The Bertz CT molecular complexity index is 517. The van der Waals surface area contributed by atoms with E-state index < -0.39 is 10.0 Å². The van der Waals surface area contributed by atoms with Crippen molar-refractivity contribution in [3.8, 4) is 0 Å². The van der Waals surface area contributed by atoms with Crippen molar-refractivity contribution in [1.82, 2.24) is 0 Å². The molecule has 18 heavy (non-hydrogen) atoms. The van der Waals surface area contributed by atoms with Crippen molar-refractivity contribution in [2.45, 2.75) is 24.2 Å². The molecule has 7 heteroatoms. The summed E-state index contributed by atoms with van der Waals surface area (Å²) in [6, 6.07) is 6.08. The minimum absolute atomic E-state index is 0.0705. The number of amides is 1. The van der Waals surface area contributed by atoms with E-state index in [9.17, 15) is 13.2 Å². The van der Waals surface area contributed by atoms with Crippen molar-refractivity contribution in [3.05, 3.63) is 24.3 Å². The highest BCUT2D eigenvalue weighted by Gasteiger charge is 2.14. The lowest BCUT2D eigenvalue weighted by molar-refractivity contribution is -0.116. The lowest BCUT2D eigenvalue weighted by Gasteiger charge is -2.09. The molecule has 1 rings (SSSR count). The van der Waals surface area contributed by atoms with Crippen molar-refractivity contribution < 1.29 is 13.2 Å². The van der Waals surface area contributed by atoms with Crippen LogP contribution in [0.5, 0.6) is 0 Å². The third-order valence-electron chi connectivity index (χ3n) is 2.26. The molecule has 0 aromatic heterocycles. The van der Waals surface area contributed by atoms with Gasteiger partial charge >= 0.3 is 0 Å². The lowest BCUT2D eigenvalue weighted by atomic mass is 10.2. The number of carbonyl (C=O) groups excluding carboxylic acids is 1. The molecule has 0 spiro atoms. The molecular weight excluding hydrogens is 320 g/mol. The highest BCUT2D eigenvalue weighted by molar-refractivity contribution is 9.09. The van der Waals surface area contributed by atoms with Crippen LogP contribution in [-0.4, -0.2) is 19.7 Å². The fourth-order valence-corrected chi connectivity index (χ4v) is 2.50. The fraction of sp³-hybridized carbons (Fsp3) is 0.364. The average Bonchev–Trinajstić information content (AvgIpc) is 2.28. The Morgan fingerprint density at radius 3 is 2.56 bits per heavy atom. The van der Waals surface area contributed by atoms with E-state index >= 15 is 0 Å². The van der Waals surface area contributed by atoms with Gasteiger partial charge in [-0.3, -0.25) is 4.79 Å². The largest absolute Gasteiger partial charge is 0.325 e. The third kappa shape index (κ3) is 4.75. The minimum Gasteiger partial charge on any atom is -0.325 e. The van der Waals surface area contributed by atoms with Crippen LogP contribution in [0.2, 0.25) is 0 Å². The number of rotatable bonds is 6. The molecule has 0 radical (unpaired) electrons. The van der Waals surface area contributed by atoms with E-state index in [1.807, 2.05) is 0 Å². The number of carbonyl (C=O) groups is 1. The van der Waals surface area contributed by atoms with E-state index in [-0.39, 0.29) is 16.5 Å². The number of unbranched alkanes of at least 4 members (excludes halogenated alkanes) is 1. The number of primary sulfonamides is 1. The Kier molecular flexibility index (Phi) is 5.77. The van der Waals surface area contributed by atoms with E-state index in [2.05, 4.69) is 21.2 Å². The number of alkyl halides is 1. The number of nitrogens with one attached hydrogen (secondary N) is 1. The van der Waals surface area contributed by atoms with E-state index in [1.165, 1.54) is 12.1 Å². The maximum absolute atomic E-state index is 11.6. The summed E-state index contributed by atoms with van der Waals surface area (Å²) in [4.78, 5) is 11.5. The molecule has 0 bridgehead atoms. The van der Waals surface area contributed by atoms with Gasteiger partial charge in [0.05, 0.1) is 5.69 Å². The van der Waals surface area contributed by atoms with Crippen LogP contribution in [0.15, 0.2) is 29.2 Å². The maximum atomic E-state index is 11.6. The maximum Gasteiger partial charge on any atom is 0.240 e. The Balaban J connectivity index is 2.76. The van der Waals surface area contributed by atoms with Crippen LogP contribution in [0.25, 0.3) is 0 Å².